The first-order chi connectivity index (χ1) is 27.8. The Morgan fingerprint density at radius 2 is 1.38 bits per heavy atom. The van der Waals surface area contributed by atoms with Gasteiger partial charge in [0, 0.05) is 30.4 Å². The van der Waals surface area contributed by atoms with Crippen LogP contribution in [0.25, 0.3) is 6.08 Å². The number of hydrogen-bond acceptors (Lipinski definition) is 17. The van der Waals surface area contributed by atoms with Crippen LogP contribution in [0.4, 0.5) is 0 Å². The third kappa shape index (κ3) is 11.6. The van der Waals surface area contributed by atoms with Crippen LogP contribution in [-0.4, -0.2) is 122 Å². The molecule has 17 heteroatoms. The van der Waals surface area contributed by atoms with E-state index < -0.39 is 80.5 Å². The van der Waals surface area contributed by atoms with Crippen LogP contribution in [0.1, 0.15) is 23.1 Å². The average molecular weight is 809 g/mol. The monoisotopic (exact) mass is 808 g/mol. The van der Waals surface area contributed by atoms with Gasteiger partial charge in [-0.25, -0.2) is 9.59 Å². The molecule has 8 N–H and O–H groups in total. The fourth-order valence-corrected chi connectivity index (χ4v) is 6.01. The summed E-state index contributed by atoms with van der Waals surface area (Å²) < 4.78 is 33.5. The zero-order chi connectivity index (χ0) is 41.8. The van der Waals surface area contributed by atoms with Crippen LogP contribution in [0.15, 0.2) is 96.3 Å². The molecule has 1 saturated heterocycles. The van der Waals surface area contributed by atoms with Gasteiger partial charge >= 0.3 is 17.9 Å². The van der Waals surface area contributed by atoms with Gasteiger partial charge in [-0.05, 0) is 53.1 Å². The van der Waals surface area contributed by atoms with E-state index in [-0.39, 0.29) is 60.2 Å². The van der Waals surface area contributed by atoms with Crippen molar-refractivity contribution in [3.63, 3.8) is 0 Å². The highest BCUT2D eigenvalue weighted by Crippen LogP contribution is 2.37. The van der Waals surface area contributed by atoms with E-state index in [9.17, 15) is 55.2 Å². The molecule has 58 heavy (non-hydrogen) atoms. The Hall–Kier alpha value is -5.95. The molecule has 0 spiro atoms. The molecule has 0 aliphatic carbocycles. The van der Waals surface area contributed by atoms with Crippen molar-refractivity contribution < 1.29 is 83.7 Å². The second-order valence-corrected chi connectivity index (χ2v) is 13.2. The van der Waals surface area contributed by atoms with Crippen LogP contribution in [0.3, 0.4) is 0 Å². The predicted octanol–water partition coefficient (Wildman–Crippen LogP) is 1.63. The zero-order valence-corrected chi connectivity index (χ0v) is 30.9. The Labute approximate surface area is 331 Å². The number of carbonyl (C=O) groups excluding carboxylic acids is 3. The largest absolute Gasteiger partial charge is 0.504 e. The van der Waals surface area contributed by atoms with E-state index in [1.54, 1.807) is 24.3 Å². The minimum absolute atomic E-state index is 0.00453. The van der Waals surface area contributed by atoms with Crippen LogP contribution >= 0.6 is 0 Å². The topological polar surface area (TPSA) is 268 Å². The number of aliphatic hydroxyl groups excluding tert-OH is 4. The van der Waals surface area contributed by atoms with Gasteiger partial charge in [0.25, 0.3) is 0 Å². The van der Waals surface area contributed by atoms with E-state index in [1.165, 1.54) is 54.6 Å². The van der Waals surface area contributed by atoms with Crippen molar-refractivity contribution in [1.29, 1.82) is 0 Å². The van der Waals surface area contributed by atoms with Gasteiger partial charge in [0.2, 0.25) is 6.29 Å². The van der Waals surface area contributed by atoms with Gasteiger partial charge < -0.3 is 69.3 Å². The molecule has 3 aromatic rings. The van der Waals surface area contributed by atoms with Gasteiger partial charge in [-0.15, -0.1) is 0 Å². The predicted molar refractivity (Wildman–Crippen MR) is 199 cm³/mol. The first kappa shape index (κ1) is 43.2. The van der Waals surface area contributed by atoms with E-state index in [4.69, 9.17) is 28.4 Å². The summed E-state index contributed by atoms with van der Waals surface area (Å²) in [4.78, 5) is 39.7. The molecule has 0 saturated carbocycles. The van der Waals surface area contributed by atoms with Crippen LogP contribution in [0, 0.1) is 5.92 Å². The summed E-state index contributed by atoms with van der Waals surface area (Å²) in [5.74, 6) is -5.17. The molecule has 3 aromatic carbocycles. The molecule has 1 fully saturated rings. The summed E-state index contributed by atoms with van der Waals surface area (Å²) >= 11 is 0. The molecule has 2 aliphatic heterocycles. The lowest BCUT2D eigenvalue weighted by Crippen LogP contribution is -2.60. The minimum atomic E-state index is -1.86. The number of esters is 3. The number of ether oxygens (including phenoxy) is 6. The first-order valence-electron chi connectivity index (χ1n) is 18.1. The number of rotatable bonds is 16. The summed E-state index contributed by atoms with van der Waals surface area (Å²) in [7, 11) is 0. The van der Waals surface area contributed by atoms with Crippen molar-refractivity contribution in [2.24, 2.45) is 5.92 Å². The van der Waals surface area contributed by atoms with E-state index in [0.717, 1.165) is 11.8 Å². The standard InChI is InChI=1S/C41H44O17/c42-21-33-36(49)37(50)38(51)41(57-33)58-40-26(14-17-53-34(47)11-8-23-4-2-1-3-5-23)27(20-35(48)54-15-12-24-6-9-29(43)31(45)18-24)28(22-56-40)39(52)55-16-13-25-7-10-30(44)32(46)19-25/h1-11,14,18-19,22,27,33,36-38,40-46,49-51H,12-13,15-17,20-21H2. The van der Waals surface area contributed by atoms with Crippen LogP contribution in [0.5, 0.6) is 23.0 Å². The molecule has 17 nitrogen and oxygen atoms in total. The van der Waals surface area contributed by atoms with Gasteiger partial charge in [-0.2, -0.15) is 0 Å². The molecule has 7 atom stereocenters. The molecule has 5 rings (SSSR count). The first-order valence-corrected chi connectivity index (χ1v) is 18.1. The number of carbonyl (C=O) groups is 3. The second kappa shape index (κ2) is 20.5. The lowest BCUT2D eigenvalue weighted by Gasteiger charge is -2.42. The lowest BCUT2D eigenvalue weighted by molar-refractivity contribution is -0.327. The van der Waals surface area contributed by atoms with E-state index in [2.05, 4.69) is 0 Å². The van der Waals surface area contributed by atoms with Crippen molar-refractivity contribution in [2.75, 3.05) is 26.4 Å². The number of aliphatic hydroxyl groups is 4. The highest BCUT2D eigenvalue weighted by Gasteiger charge is 2.47. The van der Waals surface area contributed by atoms with Gasteiger partial charge in [0.05, 0.1) is 38.1 Å². The van der Waals surface area contributed by atoms with Crippen LogP contribution in [0.2, 0.25) is 0 Å². The molecular formula is C41H44O17. The SMILES string of the molecule is O=C(C=Cc1ccccc1)OCC=C1C(OC2OC(CO)C(O)C(O)C2O)OC=C(C(=O)OCCc2ccc(O)c(O)c2)C1CC(=O)OCCc1ccc(O)c(O)c1. The number of phenols is 4. The summed E-state index contributed by atoms with van der Waals surface area (Å²) in [6.07, 6.45) is -5.35. The zero-order valence-electron chi connectivity index (χ0n) is 30.9. The second-order valence-electron chi connectivity index (χ2n) is 13.2. The Morgan fingerprint density at radius 1 is 0.741 bits per heavy atom. The maximum atomic E-state index is 13.6. The van der Waals surface area contributed by atoms with Gasteiger partial charge in [0.1, 0.15) is 31.0 Å². The Morgan fingerprint density at radius 3 is 2.00 bits per heavy atom. The number of aromatic hydroxyl groups is 4. The third-order valence-electron chi connectivity index (χ3n) is 9.19. The molecule has 7 unspecified atom stereocenters. The highest BCUT2D eigenvalue weighted by molar-refractivity contribution is 5.91. The molecule has 0 aromatic heterocycles. The van der Waals surface area contributed by atoms with Crippen molar-refractivity contribution in [3.8, 4) is 23.0 Å². The Kier molecular flexibility index (Phi) is 15.2. The Balaban J connectivity index is 1.40. The molecule has 2 aliphatic rings. The average Bonchev–Trinajstić information content (AvgIpc) is 3.21. The summed E-state index contributed by atoms with van der Waals surface area (Å²) in [5, 5.41) is 80.0. The van der Waals surface area contributed by atoms with Gasteiger partial charge in [0.15, 0.2) is 29.3 Å². The van der Waals surface area contributed by atoms with Crippen LogP contribution in [-0.2, 0) is 55.6 Å². The fraction of sp³-hybridized carbons (Fsp3) is 0.341. The highest BCUT2D eigenvalue weighted by atomic mass is 16.8. The normalized spacial score (nSPS) is 23.8. The molecule has 0 bridgehead atoms. The maximum absolute atomic E-state index is 13.6. The number of benzene rings is 3. The third-order valence-corrected chi connectivity index (χ3v) is 9.19. The van der Waals surface area contributed by atoms with Crippen molar-refractivity contribution >= 4 is 24.0 Å². The molecule has 0 radical (unpaired) electrons. The van der Waals surface area contributed by atoms with Gasteiger partial charge in [-0.1, -0.05) is 42.5 Å². The number of hydrogen-bond donors (Lipinski definition) is 8. The lowest BCUT2D eigenvalue weighted by atomic mass is 9.86. The summed E-state index contributed by atoms with van der Waals surface area (Å²) in [6.45, 7) is -1.60. The molecule has 2 heterocycles. The summed E-state index contributed by atoms with van der Waals surface area (Å²) in [5.41, 5.74) is 1.58. The van der Waals surface area contributed by atoms with E-state index in [0.29, 0.717) is 11.1 Å². The quantitative estimate of drug-likeness (QED) is 0.0336. The van der Waals surface area contributed by atoms with Crippen molar-refractivity contribution in [1.82, 2.24) is 0 Å². The molecular weight excluding hydrogens is 764 g/mol. The fourth-order valence-electron chi connectivity index (χ4n) is 6.01. The smallest absolute Gasteiger partial charge is 0.337 e. The van der Waals surface area contributed by atoms with Crippen molar-refractivity contribution in [3.05, 3.63) is 113 Å². The number of phenolic OH excluding ortho intramolecular Hbond substituents is 4. The van der Waals surface area contributed by atoms with Crippen LogP contribution < -0.4 is 0 Å². The molecule has 310 valence electrons. The Bertz CT molecular complexity index is 1970. The minimum Gasteiger partial charge on any atom is -0.504 e. The summed E-state index contributed by atoms with van der Waals surface area (Å²) in [6, 6.07) is 17.1. The van der Waals surface area contributed by atoms with Gasteiger partial charge in [-0.3, -0.25) is 4.79 Å². The van der Waals surface area contributed by atoms with E-state index in [1.807, 2.05) is 6.07 Å². The van der Waals surface area contributed by atoms with E-state index >= 15 is 0 Å². The maximum Gasteiger partial charge on any atom is 0.337 e. The van der Waals surface area contributed by atoms with Crippen molar-refractivity contribution in [2.45, 2.75) is 56.3 Å². The molecule has 0 amide bonds.